The minimum absolute atomic E-state index is 0.0126. The Hall–Kier alpha value is -3.72. The van der Waals surface area contributed by atoms with Crippen molar-refractivity contribution in [3.8, 4) is 10.7 Å². The molecule has 4 atom stereocenters. The molecule has 1 aliphatic rings. The minimum atomic E-state index is -4.52. The number of nitrogens with one attached hydrogen (secondary N) is 3. The zero-order chi connectivity index (χ0) is 31.1. The molecule has 4 aromatic rings. The van der Waals surface area contributed by atoms with E-state index in [4.69, 9.17) is 4.52 Å². The van der Waals surface area contributed by atoms with Crippen molar-refractivity contribution in [3.05, 3.63) is 51.8 Å². The number of fused-ring (bicyclic) bond motifs is 1. The van der Waals surface area contributed by atoms with Gasteiger partial charge in [0.25, 0.3) is 11.5 Å². The van der Waals surface area contributed by atoms with Crippen LogP contribution in [0.2, 0.25) is 0 Å². The quantitative estimate of drug-likeness (QED) is 0.224. The lowest BCUT2D eigenvalue weighted by molar-refractivity contribution is -0.126. The monoisotopic (exact) mass is 623 g/mol. The van der Waals surface area contributed by atoms with E-state index in [0.717, 1.165) is 17.8 Å². The van der Waals surface area contributed by atoms with Crippen molar-refractivity contribution >= 4 is 33.0 Å². The van der Waals surface area contributed by atoms with Gasteiger partial charge < -0.3 is 15.2 Å². The predicted octanol–water partition coefficient (Wildman–Crippen LogP) is 5.02. The number of hydrogen-bond donors (Lipinski definition) is 3. The molecule has 15 heteroatoms. The van der Waals surface area contributed by atoms with E-state index in [1.54, 1.807) is 25.2 Å². The number of rotatable bonds is 9. The molecule has 43 heavy (non-hydrogen) atoms. The maximum Gasteiger partial charge on any atom is 0.393 e. The zero-order valence-corrected chi connectivity index (χ0v) is 24.9. The SMILES string of the molecule is CCC1CC(Nc2cccc3c(CC(F)(F)F)c(-c4noc(CNC(=O)c5cn(C)[nH]c5=O)n4)sc23)C(F)C(CC)N1C. The van der Waals surface area contributed by atoms with Gasteiger partial charge in [0.15, 0.2) is 0 Å². The van der Waals surface area contributed by atoms with E-state index in [-0.39, 0.29) is 46.3 Å². The van der Waals surface area contributed by atoms with Gasteiger partial charge in [0.1, 0.15) is 11.7 Å². The predicted molar refractivity (Wildman–Crippen MR) is 155 cm³/mol. The number of piperidine rings is 1. The fraction of sp³-hybridized carbons (Fsp3) is 0.500. The Kier molecular flexibility index (Phi) is 8.65. The van der Waals surface area contributed by atoms with Crippen molar-refractivity contribution in [1.82, 2.24) is 30.1 Å². The second-order valence-electron chi connectivity index (χ2n) is 10.8. The van der Waals surface area contributed by atoms with E-state index < -0.39 is 36.3 Å². The van der Waals surface area contributed by atoms with Crippen molar-refractivity contribution < 1.29 is 26.9 Å². The van der Waals surface area contributed by atoms with Gasteiger partial charge in [-0.15, -0.1) is 11.3 Å². The third-order valence-corrected chi connectivity index (χ3v) is 9.24. The molecule has 4 unspecified atom stereocenters. The highest BCUT2D eigenvalue weighted by atomic mass is 32.1. The van der Waals surface area contributed by atoms with Gasteiger partial charge in [-0.3, -0.25) is 24.3 Å². The van der Waals surface area contributed by atoms with Gasteiger partial charge in [0.05, 0.1) is 34.3 Å². The number of carbonyl (C=O) groups excluding carboxylic acids is 1. The summed E-state index contributed by atoms with van der Waals surface area (Å²) in [5, 5.41) is 12.5. The molecule has 1 aliphatic heterocycles. The zero-order valence-electron chi connectivity index (χ0n) is 24.1. The maximum atomic E-state index is 15.7. The molecule has 3 aromatic heterocycles. The maximum absolute atomic E-state index is 15.7. The number of thiophene rings is 1. The van der Waals surface area contributed by atoms with Crippen LogP contribution >= 0.6 is 11.3 Å². The van der Waals surface area contributed by atoms with Gasteiger partial charge in [-0.1, -0.05) is 31.1 Å². The topological polar surface area (TPSA) is 121 Å². The number of H-pyrrole nitrogens is 1. The van der Waals surface area contributed by atoms with Gasteiger partial charge in [-0.2, -0.15) is 18.2 Å². The van der Waals surface area contributed by atoms with Gasteiger partial charge in [0.2, 0.25) is 11.7 Å². The number of hydrogen-bond acceptors (Lipinski definition) is 8. The van der Waals surface area contributed by atoms with Crippen LogP contribution in [0.25, 0.3) is 20.8 Å². The standard InChI is InChI=1S/C28H33F4N7O3S/c1-5-14-10-19(22(29)20(6-2)39(14)4)34-18-9-7-8-15-16(11-28(30,31)32)24(43-23(15)18)25-35-21(42-37-25)12-33-26(40)17-13-38(3)36-27(17)41/h7-9,13-14,19-20,22,34H,5-6,10-12H2,1-4H3,(H,33,40)(H,36,41). The Morgan fingerprint density at radius 1 is 1.23 bits per heavy atom. The highest BCUT2D eigenvalue weighted by Crippen LogP contribution is 2.44. The molecular formula is C28H33F4N7O3S. The van der Waals surface area contributed by atoms with Gasteiger partial charge >= 0.3 is 6.18 Å². The van der Waals surface area contributed by atoms with Crippen LogP contribution in [-0.2, 0) is 20.0 Å². The molecule has 1 amide bonds. The fourth-order valence-electron chi connectivity index (χ4n) is 5.84. The van der Waals surface area contributed by atoms with Crippen LogP contribution in [0, 0.1) is 0 Å². The number of amides is 1. The molecular weight excluding hydrogens is 590 g/mol. The van der Waals surface area contributed by atoms with Crippen molar-refractivity contribution in [2.45, 2.75) is 76.5 Å². The second kappa shape index (κ2) is 12.1. The third-order valence-electron chi connectivity index (χ3n) is 7.96. The van der Waals surface area contributed by atoms with E-state index in [2.05, 4.69) is 37.7 Å². The number of aromatic nitrogens is 4. The number of benzene rings is 1. The summed E-state index contributed by atoms with van der Waals surface area (Å²) in [5.74, 6) is -0.784. The van der Waals surface area contributed by atoms with E-state index in [1.165, 1.54) is 10.9 Å². The van der Waals surface area contributed by atoms with Crippen molar-refractivity contribution in [2.75, 3.05) is 12.4 Å². The van der Waals surface area contributed by atoms with Crippen LogP contribution < -0.4 is 16.2 Å². The van der Waals surface area contributed by atoms with Gasteiger partial charge in [-0.25, -0.2) is 4.39 Å². The van der Waals surface area contributed by atoms with E-state index in [1.807, 2.05) is 14.0 Å². The number of likely N-dealkylation sites (tertiary alicyclic amines) is 1. The molecule has 1 aromatic carbocycles. The molecule has 5 rings (SSSR count). The molecule has 232 valence electrons. The second-order valence-corrected chi connectivity index (χ2v) is 11.8. The Morgan fingerprint density at radius 3 is 2.65 bits per heavy atom. The van der Waals surface area contributed by atoms with Crippen LogP contribution in [0.4, 0.5) is 23.2 Å². The summed E-state index contributed by atoms with van der Waals surface area (Å²) in [6.07, 6.45) is -3.53. The minimum Gasteiger partial charge on any atom is -0.378 e. The number of alkyl halides is 4. The molecule has 0 aliphatic carbocycles. The van der Waals surface area contributed by atoms with Gasteiger partial charge in [-0.05, 0) is 43.3 Å². The third kappa shape index (κ3) is 6.32. The first-order valence-corrected chi connectivity index (χ1v) is 14.8. The van der Waals surface area contributed by atoms with Gasteiger partial charge in [0, 0.05) is 25.3 Å². The first-order chi connectivity index (χ1) is 20.4. The van der Waals surface area contributed by atoms with E-state index >= 15 is 4.39 Å². The Balaban J connectivity index is 1.45. The largest absolute Gasteiger partial charge is 0.393 e. The van der Waals surface area contributed by atoms with Crippen LogP contribution in [0.1, 0.15) is 54.9 Å². The molecule has 4 heterocycles. The highest BCUT2D eigenvalue weighted by molar-refractivity contribution is 7.23. The molecule has 3 N–H and O–H groups in total. The average molecular weight is 624 g/mol. The fourth-order valence-corrected chi connectivity index (χ4v) is 7.06. The van der Waals surface area contributed by atoms with Crippen LogP contribution in [0.3, 0.4) is 0 Å². The Labute approximate surface area is 248 Å². The summed E-state index contributed by atoms with van der Waals surface area (Å²) in [7, 11) is 3.49. The molecule has 1 saturated heterocycles. The molecule has 0 radical (unpaired) electrons. The average Bonchev–Trinajstić information content (AvgIpc) is 3.65. The lowest BCUT2D eigenvalue weighted by atomic mass is 9.87. The normalized spacial score (nSPS) is 21.4. The summed E-state index contributed by atoms with van der Waals surface area (Å²) in [6.45, 7) is 3.77. The molecule has 10 nitrogen and oxygen atoms in total. The first kappa shape index (κ1) is 30.7. The molecule has 0 saturated carbocycles. The smallest absolute Gasteiger partial charge is 0.378 e. The Bertz CT molecular complexity index is 1660. The van der Waals surface area contributed by atoms with E-state index in [0.29, 0.717) is 28.6 Å². The number of aryl methyl sites for hydroxylation is 1. The van der Waals surface area contributed by atoms with Crippen LogP contribution in [-0.4, -0.2) is 68.2 Å². The summed E-state index contributed by atoms with van der Waals surface area (Å²) >= 11 is 1.07. The molecule has 0 spiro atoms. The van der Waals surface area contributed by atoms with Crippen LogP contribution in [0.15, 0.2) is 33.7 Å². The number of nitrogens with zero attached hydrogens (tertiary/aromatic N) is 4. The molecule has 1 fully saturated rings. The Morgan fingerprint density at radius 2 is 2.00 bits per heavy atom. The number of anilines is 1. The number of aromatic amines is 1. The van der Waals surface area contributed by atoms with E-state index in [9.17, 15) is 22.8 Å². The summed E-state index contributed by atoms with van der Waals surface area (Å²) in [6, 6.07) is 4.40. The highest BCUT2D eigenvalue weighted by Gasteiger charge is 2.40. The lowest BCUT2D eigenvalue weighted by Crippen LogP contribution is -2.57. The first-order valence-electron chi connectivity index (χ1n) is 14.0. The van der Waals surface area contributed by atoms with Crippen molar-refractivity contribution in [1.29, 1.82) is 0 Å². The summed E-state index contributed by atoms with van der Waals surface area (Å²) < 4.78 is 64.1. The summed E-state index contributed by atoms with van der Waals surface area (Å²) in [5.41, 5.74) is -0.160. The number of carbonyl (C=O) groups is 1. The van der Waals surface area contributed by atoms with Crippen molar-refractivity contribution in [2.24, 2.45) is 7.05 Å². The molecule has 0 bridgehead atoms. The summed E-state index contributed by atoms with van der Waals surface area (Å²) in [4.78, 5) is 30.7. The lowest BCUT2D eigenvalue weighted by Gasteiger charge is -2.45. The number of halogens is 4. The van der Waals surface area contributed by atoms with Crippen molar-refractivity contribution in [3.63, 3.8) is 0 Å². The van der Waals surface area contributed by atoms with Crippen LogP contribution in [0.5, 0.6) is 0 Å².